The number of guanidine groups is 1. The van der Waals surface area contributed by atoms with Gasteiger partial charge in [-0.05, 0) is 57.7 Å². The van der Waals surface area contributed by atoms with Crippen molar-refractivity contribution in [2.75, 3.05) is 39.3 Å². The van der Waals surface area contributed by atoms with Gasteiger partial charge in [-0.1, -0.05) is 37.3 Å². The predicted molar refractivity (Wildman–Crippen MR) is 119 cm³/mol. The van der Waals surface area contributed by atoms with Gasteiger partial charge >= 0.3 is 0 Å². The first kappa shape index (κ1) is 21.1. The highest BCUT2D eigenvalue weighted by atomic mass is 15.3. The smallest absolute Gasteiger partial charge is 0.191 e. The van der Waals surface area contributed by atoms with Gasteiger partial charge in [0, 0.05) is 44.8 Å². The number of hydrogen-bond acceptors (Lipinski definition) is 3. The Morgan fingerprint density at radius 2 is 2.00 bits per heavy atom. The number of rotatable bonds is 8. The number of hydrogen-bond donors (Lipinski definition) is 2. The topological polar surface area (TPSA) is 42.9 Å². The standard InChI is InChI=1S/C23H39N5/c1-4-12-27-13-11-21(16-27)15-25-23(24-5-2)26-22-14-19(3)28(18-22)17-20-9-7-6-8-10-20/h6-10,19,21-22H,4-5,11-18H2,1-3H3,(H2,24,25,26). The van der Waals surface area contributed by atoms with Gasteiger partial charge in [0.25, 0.3) is 0 Å². The molecule has 2 fully saturated rings. The summed E-state index contributed by atoms with van der Waals surface area (Å²) in [5, 5.41) is 7.16. The van der Waals surface area contributed by atoms with Crippen molar-refractivity contribution in [1.82, 2.24) is 20.4 Å². The maximum atomic E-state index is 4.94. The second-order valence-electron chi connectivity index (χ2n) is 8.52. The molecule has 2 heterocycles. The van der Waals surface area contributed by atoms with E-state index in [0.717, 1.165) is 32.1 Å². The third kappa shape index (κ3) is 6.21. The lowest BCUT2D eigenvalue weighted by molar-refractivity contribution is 0.258. The van der Waals surface area contributed by atoms with Gasteiger partial charge in [0.1, 0.15) is 0 Å². The molecule has 0 bridgehead atoms. The summed E-state index contributed by atoms with van der Waals surface area (Å²) in [7, 11) is 0. The Kier molecular flexibility index (Phi) is 8.16. The molecule has 5 heteroatoms. The molecule has 0 aliphatic carbocycles. The largest absolute Gasteiger partial charge is 0.357 e. The highest BCUT2D eigenvalue weighted by molar-refractivity contribution is 5.80. The zero-order valence-corrected chi connectivity index (χ0v) is 18.0. The van der Waals surface area contributed by atoms with Crippen LogP contribution in [0, 0.1) is 5.92 Å². The molecule has 0 radical (unpaired) electrons. The van der Waals surface area contributed by atoms with E-state index in [4.69, 9.17) is 4.99 Å². The minimum Gasteiger partial charge on any atom is -0.357 e. The predicted octanol–water partition coefficient (Wildman–Crippen LogP) is 2.94. The maximum Gasteiger partial charge on any atom is 0.191 e. The van der Waals surface area contributed by atoms with Crippen LogP contribution in [0.2, 0.25) is 0 Å². The van der Waals surface area contributed by atoms with Gasteiger partial charge in [0.15, 0.2) is 5.96 Å². The molecule has 5 nitrogen and oxygen atoms in total. The molecule has 0 aromatic heterocycles. The molecule has 0 amide bonds. The molecular weight excluding hydrogens is 346 g/mol. The van der Waals surface area contributed by atoms with Crippen molar-refractivity contribution in [3.63, 3.8) is 0 Å². The van der Waals surface area contributed by atoms with Crippen molar-refractivity contribution in [2.45, 2.75) is 58.7 Å². The highest BCUT2D eigenvalue weighted by Crippen LogP contribution is 2.20. The summed E-state index contributed by atoms with van der Waals surface area (Å²) in [6.45, 7) is 14.4. The molecule has 3 rings (SSSR count). The Hall–Kier alpha value is -1.59. The van der Waals surface area contributed by atoms with Crippen molar-refractivity contribution in [3.05, 3.63) is 35.9 Å². The van der Waals surface area contributed by atoms with Crippen LogP contribution in [0.4, 0.5) is 0 Å². The third-order valence-corrected chi connectivity index (χ3v) is 6.03. The van der Waals surface area contributed by atoms with Crippen LogP contribution in [-0.4, -0.2) is 67.1 Å². The molecule has 2 aliphatic heterocycles. The molecule has 1 aromatic rings. The van der Waals surface area contributed by atoms with Crippen LogP contribution in [0.1, 0.15) is 45.6 Å². The van der Waals surface area contributed by atoms with E-state index in [1.54, 1.807) is 0 Å². The Bertz CT molecular complexity index is 602. The van der Waals surface area contributed by atoms with Crippen molar-refractivity contribution in [3.8, 4) is 0 Å². The molecule has 156 valence electrons. The Balaban J connectivity index is 1.49. The number of nitrogens with zero attached hydrogens (tertiary/aromatic N) is 3. The van der Waals surface area contributed by atoms with E-state index in [0.29, 0.717) is 18.0 Å². The van der Waals surface area contributed by atoms with E-state index in [9.17, 15) is 0 Å². The molecule has 2 N–H and O–H groups in total. The van der Waals surface area contributed by atoms with Gasteiger partial charge < -0.3 is 15.5 Å². The van der Waals surface area contributed by atoms with Gasteiger partial charge in [-0.25, -0.2) is 0 Å². The number of likely N-dealkylation sites (tertiary alicyclic amines) is 2. The number of aliphatic imine (C=N–C) groups is 1. The van der Waals surface area contributed by atoms with Crippen molar-refractivity contribution < 1.29 is 0 Å². The average Bonchev–Trinajstić information content (AvgIpc) is 3.28. The van der Waals surface area contributed by atoms with Crippen LogP contribution in [-0.2, 0) is 6.54 Å². The van der Waals surface area contributed by atoms with E-state index < -0.39 is 0 Å². The first-order valence-corrected chi connectivity index (χ1v) is 11.2. The Labute approximate surface area is 171 Å². The molecule has 2 aliphatic rings. The molecule has 0 saturated carbocycles. The van der Waals surface area contributed by atoms with Crippen molar-refractivity contribution in [1.29, 1.82) is 0 Å². The zero-order chi connectivity index (χ0) is 19.8. The molecule has 2 saturated heterocycles. The van der Waals surface area contributed by atoms with Crippen LogP contribution in [0.5, 0.6) is 0 Å². The summed E-state index contributed by atoms with van der Waals surface area (Å²) in [6.07, 6.45) is 3.71. The van der Waals surface area contributed by atoms with Crippen LogP contribution >= 0.6 is 0 Å². The summed E-state index contributed by atoms with van der Waals surface area (Å²) in [5.74, 6) is 1.70. The summed E-state index contributed by atoms with van der Waals surface area (Å²) < 4.78 is 0. The first-order valence-electron chi connectivity index (χ1n) is 11.2. The van der Waals surface area contributed by atoms with E-state index in [-0.39, 0.29) is 0 Å². The van der Waals surface area contributed by atoms with Gasteiger partial charge in [-0.2, -0.15) is 0 Å². The van der Waals surface area contributed by atoms with Gasteiger partial charge in [0.2, 0.25) is 0 Å². The Morgan fingerprint density at radius 1 is 1.18 bits per heavy atom. The zero-order valence-electron chi connectivity index (χ0n) is 18.0. The highest BCUT2D eigenvalue weighted by Gasteiger charge is 2.29. The monoisotopic (exact) mass is 385 g/mol. The van der Waals surface area contributed by atoms with Crippen LogP contribution in [0.3, 0.4) is 0 Å². The maximum absolute atomic E-state index is 4.94. The SMILES string of the molecule is CCCN1CCC(CN=C(NCC)NC2CC(C)N(Cc3ccccc3)C2)C1. The molecule has 0 spiro atoms. The second-order valence-corrected chi connectivity index (χ2v) is 8.52. The lowest BCUT2D eigenvalue weighted by atomic mass is 10.1. The third-order valence-electron chi connectivity index (χ3n) is 6.03. The van der Waals surface area contributed by atoms with E-state index in [1.807, 2.05) is 0 Å². The quantitative estimate of drug-likeness (QED) is 0.533. The minimum absolute atomic E-state index is 0.469. The van der Waals surface area contributed by atoms with Gasteiger partial charge in [0.05, 0.1) is 0 Å². The minimum atomic E-state index is 0.469. The van der Waals surface area contributed by atoms with E-state index in [2.05, 4.69) is 71.5 Å². The van der Waals surface area contributed by atoms with E-state index in [1.165, 1.54) is 44.5 Å². The molecule has 28 heavy (non-hydrogen) atoms. The summed E-state index contributed by atoms with van der Waals surface area (Å²) in [5.41, 5.74) is 1.40. The molecular formula is C23H39N5. The van der Waals surface area contributed by atoms with Crippen molar-refractivity contribution in [2.24, 2.45) is 10.9 Å². The first-order chi connectivity index (χ1) is 13.7. The molecule has 1 aromatic carbocycles. The second kappa shape index (κ2) is 10.8. The summed E-state index contributed by atoms with van der Waals surface area (Å²) in [4.78, 5) is 10.1. The lowest BCUT2D eigenvalue weighted by Gasteiger charge is -2.21. The fourth-order valence-electron chi connectivity index (χ4n) is 4.56. The number of benzene rings is 1. The lowest BCUT2D eigenvalue weighted by Crippen LogP contribution is -2.44. The molecule has 3 unspecified atom stereocenters. The number of nitrogens with one attached hydrogen (secondary N) is 2. The van der Waals surface area contributed by atoms with Crippen molar-refractivity contribution >= 4 is 5.96 Å². The van der Waals surface area contributed by atoms with Crippen LogP contribution < -0.4 is 10.6 Å². The normalized spacial score (nSPS) is 26.7. The summed E-state index contributed by atoms with van der Waals surface area (Å²) >= 11 is 0. The van der Waals surface area contributed by atoms with E-state index >= 15 is 0 Å². The molecule has 3 atom stereocenters. The van der Waals surface area contributed by atoms with Gasteiger partial charge in [-0.3, -0.25) is 9.89 Å². The van der Waals surface area contributed by atoms with Crippen LogP contribution in [0.25, 0.3) is 0 Å². The van der Waals surface area contributed by atoms with Crippen LogP contribution in [0.15, 0.2) is 35.3 Å². The Morgan fingerprint density at radius 3 is 2.75 bits per heavy atom. The van der Waals surface area contributed by atoms with Gasteiger partial charge in [-0.15, -0.1) is 0 Å². The fourth-order valence-corrected chi connectivity index (χ4v) is 4.56. The fraction of sp³-hybridized carbons (Fsp3) is 0.696. The average molecular weight is 386 g/mol. The summed E-state index contributed by atoms with van der Waals surface area (Å²) in [6, 6.07) is 11.9.